The molecule has 1 saturated heterocycles. The molecule has 22 heavy (non-hydrogen) atoms. The van der Waals surface area contributed by atoms with Gasteiger partial charge in [0.25, 0.3) is 0 Å². The van der Waals surface area contributed by atoms with Crippen LogP contribution in [0.25, 0.3) is 0 Å². The van der Waals surface area contributed by atoms with Gasteiger partial charge in [-0.05, 0) is 19.1 Å². The molecule has 6 nitrogen and oxygen atoms in total. The fraction of sp³-hybridized carbons (Fsp3) is 0.400. The second-order valence-corrected chi connectivity index (χ2v) is 5.24. The number of rotatable bonds is 3. The lowest BCUT2D eigenvalue weighted by atomic mass is 10.1. The highest BCUT2D eigenvalue weighted by atomic mass is 19.1. The van der Waals surface area contributed by atoms with E-state index in [4.69, 9.17) is 9.78 Å². The Balaban J connectivity index is 1.65. The Hall–Kier alpha value is -2.46. The Morgan fingerprint density at radius 1 is 1.32 bits per heavy atom. The number of halogens is 1. The number of hydrogen-bond donors (Lipinski definition) is 0. The van der Waals surface area contributed by atoms with Crippen molar-refractivity contribution in [3.8, 4) is 6.07 Å². The van der Waals surface area contributed by atoms with Crippen LogP contribution in [0, 0.1) is 24.1 Å². The highest BCUT2D eigenvalue weighted by molar-refractivity contribution is 5.60. The van der Waals surface area contributed by atoms with Crippen molar-refractivity contribution in [1.82, 2.24) is 15.0 Å². The number of nitriles is 1. The molecule has 0 atom stereocenters. The number of anilines is 1. The fourth-order valence-corrected chi connectivity index (χ4v) is 2.63. The molecule has 1 aliphatic rings. The first-order valence-electron chi connectivity index (χ1n) is 7.12. The summed E-state index contributed by atoms with van der Waals surface area (Å²) in [5, 5.41) is 12.9. The molecule has 0 saturated carbocycles. The van der Waals surface area contributed by atoms with Crippen LogP contribution in [-0.2, 0) is 6.54 Å². The first kappa shape index (κ1) is 14.5. The summed E-state index contributed by atoms with van der Waals surface area (Å²) in [4.78, 5) is 8.44. The zero-order valence-corrected chi connectivity index (χ0v) is 12.3. The van der Waals surface area contributed by atoms with Crippen LogP contribution < -0.4 is 4.90 Å². The van der Waals surface area contributed by atoms with Gasteiger partial charge in [-0.1, -0.05) is 11.2 Å². The van der Waals surface area contributed by atoms with E-state index in [2.05, 4.69) is 15.0 Å². The van der Waals surface area contributed by atoms with Crippen molar-refractivity contribution in [2.75, 3.05) is 31.1 Å². The molecule has 0 bridgehead atoms. The first-order chi connectivity index (χ1) is 10.7. The Kier molecular flexibility index (Phi) is 4.02. The number of aryl methyl sites for hydroxylation is 1. The zero-order valence-electron chi connectivity index (χ0n) is 12.3. The summed E-state index contributed by atoms with van der Waals surface area (Å²) in [5.41, 5.74) is 0.777. The second kappa shape index (κ2) is 6.12. The van der Waals surface area contributed by atoms with Gasteiger partial charge in [-0.25, -0.2) is 4.39 Å². The van der Waals surface area contributed by atoms with Crippen molar-refractivity contribution in [3.63, 3.8) is 0 Å². The summed E-state index contributed by atoms with van der Waals surface area (Å²) >= 11 is 0. The molecule has 1 aromatic heterocycles. The van der Waals surface area contributed by atoms with Gasteiger partial charge in [-0.15, -0.1) is 0 Å². The Morgan fingerprint density at radius 2 is 2.09 bits per heavy atom. The molecule has 2 heterocycles. The third-order valence-corrected chi connectivity index (χ3v) is 3.74. The predicted octanol–water partition coefficient (Wildman–Crippen LogP) is 1.71. The van der Waals surface area contributed by atoms with E-state index in [1.807, 2.05) is 11.0 Å². The minimum atomic E-state index is -0.469. The van der Waals surface area contributed by atoms with E-state index in [0.717, 1.165) is 26.2 Å². The first-order valence-corrected chi connectivity index (χ1v) is 7.12. The molecule has 0 N–H and O–H groups in total. The summed E-state index contributed by atoms with van der Waals surface area (Å²) in [6, 6.07) is 6.70. The lowest BCUT2D eigenvalue weighted by Crippen LogP contribution is -2.46. The van der Waals surface area contributed by atoms with Crippen molar-refractivity contribution in [2.45, 2.75) is 13.5 Å². The summed E-state index contributed by atoms with van der Waals surface area (Å²) in [7, 11) is 0. The van der Waals surface area contributed by atoms with Gasteiger partial charge < -0.3 is 9.42 Å². The fourth-order valence-electron chi connectivity index (χ4n) is 2.63. The van der Waals surface area contributed by atoms with E-state index in [1.54, 1.807) is 19.1 Å². The summed E-state index contributed by atoms with van der Waals surface area (Å²) in [6.07, 6.45) is 0. The normalized spacial score (nSPS) is 15.8. The van der Waals surface area contributed by atoms with Gasteiger partial charge >= 0.3 is 0 Å². The van der Waals surface area contributed by atoms with Gasteiger partial charge in [0, 0.05) is 26.2 Å². The van der Waals surface area contributed by atoms with E-state index in [0.29, 0.717) is 23.9 Å². The molecule has 1 fully saturated rings. The maximum atomic E-state index is 13.7. The molecule has 0 aliphatic carbocycles. The molecule has 2 aromatic rings. The minimum absolute atomic E-state index is 0.114. The summed E-state index contributed by atoms with van der Waals surface area (Å²) in [5.74, 6) is 0.769. The third-order valence-electron chi connectivity index (χ3n) is 3.74. The van der Waals surface area contributed by atoms with Crippen LogP contribution in [0.1, 0.15) is 17.3 Å². The van der Waals surface area contributed by atoms with Gasteiger partial charge in [0.1, 0.15) is 17.4 Å². The van der Waals surface area contributed by atoms with Gasteiger partial charge in [0.2, 0.25) is 5.89 Å². The van der Waals surface area contributed by atoms with Crippen LogP contribution >= 0.6 is 0 Å². The standard InChI is InChI=1S/C15H16FN5O/c1-11-18-15(22-19-11)10-20-5-7-21(8-6-20)14-4-2-3-13(16)12(14)9-17/h2-4H,5-8,10H2,1H3. The largest absolute Gasteiger partial charge is 0.368 e. The molecule has 1 aliphatic heterocycles. The van der Waals surface area contributed by atoms with Crippen molar-refractivity contribution >= 4 is 5.69 Å². The van der Waals surface area contributed by atoms with Crippen LogP contribution in [0.4, 0.5) is 10.1 Å². The number of piperazine rings is 1. The van der Waals surface area contributed by atoms with E-state index in [-0.39, 0.29) is 5.56 Å². The van der Waals surface area contributed by atoms with E-state index >= 15 is 0 Å². The lowest BCUT2D eigenvalue weighted by Gasteiger charge is -2.35. The Labute approximate surface area is 127 Å². The van der Waals surface area contributed by atoms with Crippen LogP contribution in [0.5, 0.6) is 0 Å². The summed E-state index contributed by atoms with van der Waals surface area (Å²) in [6.45, 7) is 5.45. The second-order valence-electron chi connectivity index (χ2n) is 5.24. The maximum absolute atomic E-state index is 13.7. The smallest absolute Gasteiger partial charge is 0.240 e. The number of hydrogen-bond acceptors (Lipinski definition) is 6. The quantitative estimate of drug-likeness (QED) is 0.859. The van der Waals surface area contributed by atoms with E-state index < -0.39 is 5.82 Å². The molecule has 0 amide bonds. The molecule has 0 unspecified atom stereocenters. The number of aromatic nitrogens is 2. The van der Waals surface area contributed by atoms with Crippen LogP contribution in [0.2, 0.25) is 0 Å². The van der Waals surface area contributed by atoms with Gasteiger partial charge in [0.05, 0.1) is 12.2 Å². The van der Waals surface area contributed by atoms with Crippen LogP contribution in [-0.4, -0.2) is 41.2 Å². The predicted molar refractivity (Wildman–Crippen MR) is 77.6 cm³/mol. The average Bonchev–Trinajstić information content (AvgIpc) is 2.93. The van der Waals surface area contributed by atoms with E-state index in [9.17, 15) is 4.39 Å². The molecule has 7 heteroatoms. The topological polar surface area (TPSA) is 69.2 Å². The third kappa shape index (κ3) is 2.92. The summed E-state index contributed by atoms with van der Waals surface area (Å²) < 4.78 is 18.8. The Bertz CT molecular complexity index is 700. The highest BCUT2D eigenvalue weighted by Gasteiger charge is 2.21. The SMILES string of the molecule is Cc1noc(CN2CCN(c3cccc(F)c3C#N)CC2)n1. The molecule has 1 aromatic carbocycles. The molecule has 3 rings (SSSR count). The van der Waals surface area contributed by atoms with Crippen LogP contribution in [0.3, 0.4) is 0 Å². The van der Waals surface area contributed by atoms with Gasteiger partial charge in [-0.3, -0.25) is 4.90 Å². The van der Waals surface area contributed by atoms with Gasteiger partial charge in [-0.2, -0.15) is 10.2 Å². The van der Waals surface area contributed by atoms with E-state index in [1.165, 1.54) is 6.07 Å². The lowest BCUT2D eigenvalue weighted by molar-refractivity contribution is 0.215. The average molecular weight is 301 g/mol. The molecule has 114 valence electrons. The van der Waals surface area contributed by atoms with Crippen molar-refractivity contribution in [2.24, 2.45) is 0 Å². The molecular formula is C15H16FN5O. The van der Waals surface area contributed by atoms with Crippen molar-refractivity contribution < 1.29 is 8.91 Å². The Morgan fingerprint density at radius 3 is 2.73 bits per heavy atom. The van der Waals surface area contributed by atoms with Crippen molar-refractivity contribution in [1.29, 1.82) is 5.26 Å². The number of nitrogens with zero attached hydrogens (tertiary/aromatic N) is 5. The number of benzene rings is 1. The molecular weight excluding hydrogens is 285 g/mol. The molecule has 0 spiro atoms. The van der Waals surface area contributed by atoms with Crippen LogP contribution in [0.15, 0.2) is 22.7 Å². The molecule has 0 radical (unpaired) electrons. The monoisotopic (exact) mass is 301 g/mol. The maximum Gasteiger partial charge on any atom is 0.240 e. The van der Waals surface area contributed by atoms with Gasteiger partial charge in [0.15, 0.2) is 5.82 Å². The van der Waals surface area contributed by atoms with Crippen molar-refractivity contribution in [3.05, 3.63) is 41.3 Å². The minimum Gasteiger partial charge on any atom is -0.368 e. The zero-order chi connectivity index (χ0) is 15.5. The highest BCUT2D eigenvalue weighted by Crippen LogP contribution is 2.23.